The summed E-state index contributed by atoms with van der Waals surface area (Å²) in [5, 5.41) is 8.27. The van der Waals surface area contributed by atoms with Crippen molar-refractivity contribution in [2.24, 2.45) is 5.92 Å². The Bertz CT molecular complexity index is 261. The monoisotopic (exact) mass is 234 g/mol. The maximum Gasteiger partial charge on any atom is 1.00 e. The van der Waals surface area contributed by atoms with Crippen molar-refractivity contribution in [3.8, 4) is 0 Å². The van der Waals surface area contributed by atoms with Crippen molar-refractivity contribution in [2.45, 2.75) is 6.92 Å². The number of rotatable bonds is 5. The zero-order valence-electron chi connectivity index (χ0n) is 8.10. The summed E-state index contributed by atoms with van der Waals surface area (Å²) in [6, 6.07) is 0. The molecule has 0 aromatic heterocycles. The second kappa shape index (κ2) is 7.61. The van der Waals surface area contributed by atoms with Crippen molar-refractivity contribution in [3.63, 3.8) is 0 Å². The number of carbonyl (C=O) groups excluding carboxylic acids is 1. The van der Waals surface area contributed by atoms with Crippen molar-refractivity contribution < 1.29 is 57.2 Å². The standard InChI is InChI=1S/C6H12O6S.Na/c1-5(4-13(9,10)11)6(8)12-3-2-7;/h5,7H,2-4H2,1H3,(H,9,10,11);/q;+1/p-1. The van der Waals surface area contributed by atoms with Gasteiger partial charge in [-0.2, -0.15) is 0 Å². The van der Waals surface area contributed by atoms with Crippen LogP contribution in [0.15, 0.2) is 0 Å². The molecule has 1 atom stereocenters. The number of hydrogen-bond acceptors (Lipinski definition) is 6. The molecule has 0 heterocycles. The number of hydrogen-bond donors (Lipinski definition) is 1. The first kappa shape index (κ1) is 16.8. The van der Waals surface area contributed by atoms with Crippen molar-refractivity contribution in [3.05, 3.63) is 0 Å². The van der Waals surface area contributed by atoms with Crippen LogP contribution in [-0.4, -0.2) is 43.0 Å². The summed E-state index contributed by atoms with van der Waals surface area (Å²) in [4.78, 5) is 10.8. The van der Waals surface area contributed by atoms with Crippen molar-refractivity contribution in [1.29, 1.82) is 0 Å². The molecule has 1 unspecified atom stereocenters. The minimum Gasteiger partial charge on any atom is -0.748 e. The van der Waals surface area contributed by atoms with Gasteiger partial charge in [0.1, 0.15) is 6.61 Å². The summed E-state index contributed by atoms with van der Waals surface area (Å²) >= 11 is 0. The average molecular weight is 234 g/mol. The van der Waals surface area contributed by atoms with Gasteiger partial charge in [0.15, 0.2) is 0 Å². The fraction of sp³-hybridized carbons (Fsp3) is 0.833. The minimum atomic E-state index is -4.41. The summed E-state index contributed by atoms with van der Waals surface area (Å²) in [7, 11) is -4.41. The van der Waals surface area contributed by atoms with Crippen molar-refractivity contribution >= 4 is 16.1 Å². The Kier molecular flexibility index (Phi) is 9.11. The van der Waals surface area contributed by atoms with Crippen LogP contribution in [0.25, 0.3) is 0 Å². The van der Waals surface area contributed by atoms with E-state index in [-0.39, 0.29) is 42.8 Å². The zero-order chi connectivity index (χ0) is 10.5. The molecule has 0 aromatic rings. The van der Waals surface area contributed by atoms with Crippen LogP contribution in [0.2, 0.25) is 0 Å². The smallest absolute Gasteiger partial charge is 0.748 e. The van der Waals surface area contributed by atoms with Crippen LogP contribution in [0.1, 0.15) is 6.92 Å². The van der Waals surface area contributed by atoms with Gasteiger partial charge in [-0.25, -0.2) is 8.42 Å². The van der Waals surface area contributed by atoms with Crippen LogP contribution in [0.4, 0.5) is 0 Å². The Hall–Kier alpha value is 0.340. The minimum absolute atomic E-state index is 0. The Morgan fingerprint density at radius 3 is 2.43 bits per heavy atom. The van der Waals surface area contributed by atoms with E-state index in [1.165, 1.54) is 6.92 Å². The summed E-state index contributed by atoms with van der Waals surface area (Å²) in [6.07, 6.45) is 0. The van der Waals surface area contributed by atoms with Gasteiger partial charge < -0.3 is 14.4 Å². The first-order valence-corrected chi connectivity index (χ1v) is 5.15. The molecule has 0 rings (SSSR count). The van der Waals surface area contributed by atoms with Gasteiger partial charge in [-0.15, -0.1) is 0 Å². The van der Waals surface area contributed by atoms with Crippen LogP contribution in [-0.2, 0) is 19.6 Å². The van der Waals surface area contributed by atoms with E-state index in [4.69, 9.17) is 5.11 Å². The molecule has 0 aliphatic rings. The molecule has 0 radical (unpaired) electrons. The van der Waals surface area contributed by atoms with Crippen molar-refractivity contribution in [1.82, 2.24) is 0 Å². The van der Waals surface area contributed by atoms with Gasteiger partial charge in [0, 0.05) is 0 Å². The van der Waals surface area contributed by atoms with E-state index in [9.17, 15) is 17.8 Å². The third-order valence-corrected chi connectivity index (χ3v) is 2.10. The number of aliphatic hydroxyl groups excluding tert-OH is 1. The molecule has 0 aliphatic carbocycles. The first-order valence-electron chi connectivity index (χ1n) is 3.58. The molecule has 0 aromatic carbocycles. The quantitative estimate of drug-likeness (QED) is 0.293. The second-order valence-corrected chi connectivity index (χ2v) is 3.97. The van der Waals surface area contributed by atoms with Gasteiger partial charge in [0.05, 0.1) is 28.4 Å². The van der Waals surface area contributed by atoms with E-state index in [0.29, 0.717) is 0 Å². The zero-order valence-corrected chi connectivity index (χ0v) is 10.9. The summed E-state index contributed by atoms with van der Waals surface area (Å²) in [5.41, 5.74) is 0. The predicted molar refractivity (Wildman–Crippen MR) is 41.8 cm³/mol. The predicted octanol–water partition coefficient (Wildman–Crippen LogP) is -4.29. The van der Waals surface area contributed by atoms with E-state index in [0.717, 1.165) is 0 Å². The van der Waals surface area contributed by atoms with E-state index in [1.807, 2.05) is 0 Å². The third kappa shape index (κ3) is 8.92. The molecule has 78 valence electrons. The molecule has 0 spiro atoms. The van der Waals surface area contributed by atoms with Crippen LogP contribution in [0.5, 0.6) is 0 Å². The maximum atomic E-state index is 10.8. The molecule has 0 fully saturated rings. The van der Waals surface area contributed by atoms with Gasteiger partial charge in [0.25, 0.3) is 0 Å². The maximum absolute atomic E-state index is 10.8. The summed E-state index contributed by atoms with van der Waals surface area (Å²) in [5.74, 6) is -2.57. The fourth-order valence-corrected chi connectivity index (χ4v) is 1.41. The summed E-state index contributed by atoms with van der Waals surface area (Å²) in [6.45, 7) is 0.750. The number of carbonyl (C=O) groups is 1. The number of aliphatic hydroxyl groups is 1. The molecule has 0 aliphatic heterocycles. The molecule has 0 bridgehead atoms. The van der Waals surface area contributed by atoms with E-state index in [1.54, 1.807) is 0 Å². The molecular formula is C6H11NaO6S. The topological polar surface area (TPSA) is 104 Å². The van der Waals surface area contributed by atoms with Crippen molar-refractivity contribution in [2.75, 3.05) is 19.0 Å². The largest absolute Gasteiger partial charge is 1.00 e. The van der Waals surface area contributed by atoms with Gasteiger partial charge in [-0.3, -0.25) is 4.79 Å². The fourth-order valence-electron chi connectivity index (χ4n) is 0.663. The number of ether oxygens (including phenoxy) is 1. The molecule has 0 saturated heterocycles. The average Bonchev–Trinajstić information content (AvgIpc) is 1.96. The van der Waals surface area contributed by atoms with Gasteiger partial charge in [0.2, 0.25) is 0 Å². The molecular weight excluding hydrogens is 223 g/mol. The normalized spacial score (nSPS) is 12.8. The second-order valence-electron chi connectivity index (χ2n) is 2.52. The summed E-state index contributed by atoms with van der Waals surface area (Å²) < 4.78 is 35.0. The van der Waals surface area contributed by atoms with E-state index >= 15 is 0 Å². The Morgan fingerprint density at radius 1 is 1.57 bits per heavy atom. The van der Waals surface area contributed by atoms with E-state index < -0.39 is 27.8 Å². The third-order valence-electron chi connectivity index (χ3n) is 1.19. The Labute approximate surface area is 105 Å². The number of esters is 1. The Morgan fingerprint density at radius 2 is 2.07 bits per heavy atom. The molecule has 6 nitrogen and oxygen atoms in total. The van der Waals surface area contributed by atoms with Crippen LogP contribution in [0.3, 0.4) is 0 Å². The van der Waals surface area contributed by atoms with Gasteiger partial charge >= 0.3 is 35.5 Å². The molecule has 1 N–H and O–H groups in total. The van der Waals surface area contributed by atoms with Gasteiger partial charge in [-0.05, 0) is 0 Å². The van der Waals surface area contributed by atoms with Crippen LogP contribution in [0, 0.1) is 5.92 Å². The van der Waals surface area contributed by atoms with Gasteiger partial charge in [-0.1, -0.05) is 6.92 Å². The molecule has 14 heavy (non-hydrogen) atoms. The van der Waals surface area contributed by atoms with Crippen LogP contribution >= 0.6 is 0 Å². The van der Waals surface area contributed by atoms with Crippen LogP contribution < -0.4 is 29.6 Å². The SMILES string of the molecule is CC(CS(=O)(=O)[O-])C(=O)OCCO.[Na+]. The van der Waals surface area contributed by atoms with E-state index in [2.05, 4.69) is 4.74 Å². The molecule has 0 amide bonds. The molecule has 8 heteroatoms. The molecule has 0 saturated carbocycles. The Balaban J connectivity index is 0. The first-order chi connectivity index (χ1) is 5.87.